The molecule has 2 amide bonds. The van der Waals surface area contributed by atoms with Gasteiger partial charge in [-0.2, -0.15) is 0 Å². The number of carbonyl (C=O) groups is 2. The van der Waals surface area contributed by atoms with Crippen LogP contribution < -0.4 is 5.32 Å². The fraction of sp³-hybridized carbons (Fsp3) is 0.556. The van der Waals surface area contributed by atoms with Gasteiger partial charge in [0.2, 0.25) is 0 Å². The van der Waals surface area contributed by atoms with Gasteiger partial charge < -0.3 is 15.3 Å². The van der Waals surface area contributed by atoms with Crippen molar-refractivity contribution < 1.29 is 14.7 Å². The van der Waals surface area contributed by atoms with Crippen molar-refractivity contribution in [1.29, 1.82) is 0 Å². The Morgan fingerprint density at radius 1 is 1.22 bits per heavy atom. The second-order valence-corrected chi connectivity index (χ2v) is 6.75. The number of rotatable bonds is 4. The number of nitrogens with one attached hydrogen (secondary N) is 1. The third-order valence-corrected chi connectivity index (χ3v) is 5.11. The van der Waals surface area contributed by atoms with E-state index in [2.05, 4.69) is 29.6 Å². The number of urea groups is 1. The highest BCUT2D eigenvalue weighted by atomic mass is 16.4. The zero-order chi connectivity index (χ0) is 16.2. The summed E-state index contributed by atoms with van der Waals surface area (Å²) in [5, 5.41) is 12.1. The van der Waals surface area contributed by atoms with Gasteiger partial charge in [-0.1, -0.05) is 30.3 Å². The van der Waals surface area contributed by atoms with Gasteiger partial charge in [-0.05, 0) is 43.1 Å². The molecule has 2 aliphatic rings. The Bertz CT molecular complexity index is 555. The van der Waals surface area contributed by atoms with Crippen LogP contribution in [-0.4, -0.2) is 41.6 Å². The molecule has 1 aliphatic carbocycles. The largest absolute Gasteiger partial charge is 0.481 e. The van der Waals surface area contributed by atoms with E-state index in [-0.39, 0.29) is 6.03 Å². The lowest BCUT2D eigenvalue weighted by molar-refractivity contribution is -0.143. The SMILES string of the molecule is O=C(O)C1CCCN(C(=O)NCC2CC(c3ccccc3)C2)C1. The van der Waals surface area contributed by atoms with Gasteiger partial charge in [-0.3, -0.25) is 4.79 Å². The molecule has 5 heteroatoms. The molecule has 3 rings (SSSR count). The number of carbonyl (C=O) groups excluding carboxylic acids is 1. The molecular weight excluding hydrogens is 292 g/mol. The standard InChI is InChI=1S/C18H24N2O3/c21-17(22)15-7-4-8-20(12-15)18(23)19-11-13-9-16(10-13)14-5-2-1-3-6-14/h1-3,5-6,13,15-16H,4,7-12H2,(H,19,23)(H,21,22). The lowest BCUT2D eigenvalue weighted by Crippen LogP contribution is -2.48. The summed E-state index contributed by atoms with van der Waals surface area (Å²) in [6.07, 6.45) is 3.66. The van der Waals surface area contributed by atoms with E-state index in [4.69, 9.17) is 5.11 Å². The highest BCUT2D eigenvalue weighted by Gasteiger charge is 2.32. The molecule has 1 aromatic carbocycles. The average molecular weight is 316 g/mol. The first-order valence-electron chi connectivity index (χ1n) is 8.44. The molecule has 23 heavy (non-hydrogen) atoms. The third-order valence-electron chi connectivity index (χ3n) is 5.11. The molecule has 124 valence electrons. The average Bonchev–Trinajstić information content (AvgIpc) is 2.54. The highest BCUT2D eigenvalue weighted by Crippen LogP contribution is 2.41. The minimum atomic E-state index is -0.799. The van der Waals surface area contributed by atoms with E-state index in [9.17, 15) is 9.59 Å². The third kappa shape index (κ3) is 3.84. The molecule has 0 spiro atoms. The van der Waals surface area contributed by atoms with Crippen LogP contribution in [-0.2, 0) is 4.79 Å². The maximum atomic E-state index is 12.2. The van der Waals surface area contributed by atoms with Gasteiger partial charge >= 0.3 is 12.0 Å². The van der Waals surface area contributed by atoms with Crippen molar-refractivity contribution in [2.45, 2.75) is 31.6 Å². The van der Waals surface area contributed by atoms with Gasteiger partial charge in [-0.15, -0.1) is 0 Å². The molecule has 2 fully saturated rings. The Labute approximate surface area is 136 Å². The molecule has 1 unspecified atom stereocenters. The first-order valence-corrected chi connectivity index (χ1v) is 8.44. The van der Waals surface area contributed by atoms with E-state index >= 15 is 0 Å². The summed E-state index contributed by atoms with van der Waals surface area (Å²) in [6, 6.07) is 10.4. The number of carboxylic acid groups (broad SMARTS) is 1. The summed E-state index contributed by atoms with van der Waals surface area (Å²) >= 11 is 0. The van der Waals surface area contributed by atoms with Crippen molar-refractivity contribution >= 4 is 12.0 Å². The monoisotopic (exact) mass is 316 g/mol. The van der Waals surface area contributed by atoms with Gasteiger partial charge in [0.05, 0.1) is 5.92 Å². The van der Waals surface area contributed by atoms with E-state index < -0.39 is 11.9 Å². The Hall–Kier alpha value is -2.04. The number of benzene rings is 1. The molecule has 0 bridgehead atoms. The maximum Gasteiger partial charge on any atom is 0.317 e. The zero-order valence-corrected chi connectivity index (χ0v) is 13.3. The van der Waals surface area contributed by atoms with Crippen LogP contribution in [0, 0.1) is 11.8 Å². The smallest absolute Gasteiger partial charge is 0.317 e. The molecule has 1 saturated heterocycles. The minimum absolute atomic E-state index is 0.112. The van der Waals surface area contributed by atoms with Crippen LogP contribution in [0.1, 0.15) is 37.2 Å². The normalized spacial score (nSPS) is 27.1. The summed E-state index contributed by atoms with van der Waals surface area (Å²) in [6.45, 7) is 1.68. The van der Waals surface area contributed by atoms with E-state index in [1.54, 1.807) is 4.90 Å². The number of nitrogens with zero attached hydrogens (tertiary/aromatic N) is 1. The zero-order valence-electron chi connectivity index (χ0n) is 13.3. The molecule has 1 saturated carbocycles. The summed E-state index contributed by atoms with van der Waals surface area (Å²) in [5.41, 5.74) is 1.38. The predicted octanol–water partition coefficient (Wildman–Crippen LogP) is 2.69. The number of likely N-dealkylation sites (tertiary alicyclic amines) is 1. The van der Waals surface area contributed by atoms with Crippen LogP contribution in [0.3, 0.4) is 0 Å². The fourth-order valence-corrected chi connectivity index (χ4v) is 3.61. The van der Waals surface area contributed by atoms with Crippen molar-refractivity contribution in [3.63, 3.8) is 0 Å². The molecule has 1 aliphatic heterocycles. The highest BCUT2D eigenvalue weighted by molar-refractivity contribution is 5.76. The molecule has 0 radical (unpaired) electrons. The Morgan fingerprint density at radius 2 is 1.96 bits per heavy atom. The number of hydrogen-bond acceptors (Lipinski definition) is 2. The van der Waals surface area contributed by atoms with Crippen LogP contribution in [0.2, 0.25) is 0 Å². The van der Waals surface area contributed by atoms with Crippen LogP contribution in [0.25, 0.3) is 0 Å². The lowest BCUT2D eigenvalue weighted by atomic mass is 9.71. The molecule has 1 atom stereocenters. The molecule has 1 aromatic rings. The minimum Gasteiger partial charge on any atom is -0.481 e. The van der Waals surface area contributed by atoms with Crippen LogP contribution in [0.15, 0.2) is 30.3 Å². The van der Waals surface area contributed by atoms with Gasteiger partial charge in [-0.25, -0.2) is 4.79 Å². The van der Waals surface area contributed by atoms with Crippen molar-refractivity contribution in [3.8, 4) is 0 Å². The van der Waals surface area contributed by atoms with Gasteiger partial charge in [0.25, 0.3) is 0 Å². The van der Waals surface area contributed by atoms with Gasteiger partial charge in [0.15, 0.2) is 0 Å². The number of amides is 2. The van der Waals surface area contributed by atoms with E-state index in [0.29, 0.717) is 37.9 Å². The maximum absolute atomic E-state index is 12.2. The topological polar surface area (TPSA) is 69.6 Å². The van der Waals surface area contributed by atoms with Gasteiger partial charge in [0, 0.05) is 19.6 Å². The molecule has 1 heterocycles. The van der Waals surface area contributed by atoms with E-state index in [0.717, 1.165) is 19.3 Å². The Morgan fingerprint density at radius 3 is 2.65 bits per heavy atom. The Kier molecular flexibility index (Phi) is 4.84. The molecule has 2 N–H and O–H groups in total. The van der Waals surface area contributed by atoms with Crippen molar-refractivity contribution in [1.82, 2.24) is 10.2 Å². The molecule has 0 aromatic heterocycles. The number of hydrogen-bond donors (Lipinski definition) is 2. The summed E-state index contributed by atoms with van der Waals surface area (Å²) in [4.78, 5) is 24.9. The summed E-state index contributed by atoms with van der Waals surface area (Å²) < 4.78 is 0. The summed E-state index contributed by atoms with van der Waals surface area (Å²) in [7, 11) is 0. The van der Waals surface area contributed by atoms with E-state index in [1.807, 2.05) is 6.07 Å². The number of aliphatic carboxylic acids is 1. The van der Waals surface area contributed by atoms with Crippen molar-refractivity contribution in [3.05, 3.63) is 35.9 Å². The first kappa shape index (κ1) is 15.8. The van der Waals surface area contributed by atoms with Crippen LogP contribution >= 0.6 is 0 Å². The molecule has 5 nitrogen and oxygen atoms in total. The summed E-state index contributed by atoms with van der Waals surface area (Å²) in [5.74, 6) is -0.0680. The number of piperidine rings is 1. The van der Waals surface area contributed by atoms with Crippen molar-refractivity contribution in [2.24, 2.45) is 11.8 Å². The lowest BCUT2D eigenvalue weighted by Gasteiger charge is -2.37. The van der Waals surface area contributed by atoms with Crippen LogP contribution in [0.4, 0.5) is 4.79 Å². The second kappa shape index (κ2) is 7.02. The van der Waals surface area contributed by atoms with E-state index in [1.165, 1.54) is 5.56 Å². The Balaban J connectivity index is 1.40. The quantitative estimate of drug-likeness (QED) is 0.897. The van der Waals surface area contributed by atoms with Gasteiger partial charge in [0.1, 0.15) is 0 Å². The first-order chi connectivity index (χ1) is 11.1. The van der Waals surface area contributed by atoms with Crippen LogP contribution in [0.5, 0.6) is 0 Å². The fourth-order valence-electron chi connectivity index (χ4n) is 3.61. The predicted molar refractivity (Wildman–Crippen MR) is 87.2 cm³/mol. The number of carboxylic acids is 1. The second-order valence-electron chi connectivity index (χ2n) is 6.75. The van der Waals surface area contributed by atoms with Crippen molar-refractivity contribution in [2.75, 3.05) is 19.6 Å². The molecular formula is C18H24N2O3.